The zero-order valence-corrected chi connectivity index (χ0v) is 36.3. The lowest BCUT2D eigenvalue weighted by atomic mass is 9.70. The van der Waals surface area contributed by atoms with Gasteiger partial charge in [-0.05, 0) is 114 Å². The van der Waals surface area contributed by atoms with E-state index >= 15 is 0 Å². The molecular weight excluding hydrogens is 779 g/mol. The molecule has 0 atom stereocenters. The summed E-state index contributed by atoms with van der Waals surface area (Å²) in [6.45, 7) is 6.98. The minimum absolute atomic E-state index is 0.0355. The molecule has 0 saturated heterocycles. The summed E-state index contributed by atoms with van der Waals surface area (Å²) in [5.74, 6) is 0. The molecule has 1 nitrogen and oxygen atoms in total. The van der Waals surface area contributed by atoms with E-state index in [1.807, 2.05) is 11.3 Å². The van der Waals surface area contributed by atoms with Crippen molar-refractivity contribution in [3.63, 3.8) is 0 Å². The number of fused-ring (bicyclic) bond motifs is 15. The van der Waals surface area contributed by atoms with Gasteiger partial charge in [0.15, 0.2) is 0 Å². The number of benzene rings is 10. The van der Waals surface area contributed by atoms with Crippen LogP contribution in [0.2, 0.25) is 0 Å². The van der Waals surface area contributed by atoms with Crippen LogP contribution in [0.4, 0.5) is 17.1 Å². The molecule has 2 aliphatic carbocycles. The van der Waals surface area contributed by atoms with Crippen LogP contribution in [0, 0.1) is 0 Å². The van der Waals surface area contributed by atoms with Gasteiger partial charge >= 0.3 is 0 Å². The quantitative estimate of drug-likeness (QED) is 0.171. The highest BCUT2D eigenvalue weighted by Gasteiger charge is 2.51. The molecule has 2 aliphatic rings. The summed E-state index contributed by atoms with van der Waals surface area (Å²) in [5.41, 5.74) is 17.5. The van der Waals surface area contributed by atoms with Crippen molar-refractivity contribution in [1.82, 2.24) is 0 Å². The summed E-state index contributed by atoms with van der Waals surface area (Å²) >= 11 is 1.88. The van der Waals surface area contributed by atoms with Gasteiger partial charge in [0.05, 0.1) is 16.8 Å². The zero-order chi connectivity index (χ0) is 42.0. The van der Waals surface area contributed by atoms with Crippen LogP contribution in [0.15, 0.2) is 206 Å². The monoisotopic (exact) mass is 821 g/mol. The van der Waals surface area contributed by atoms with Crippen LogP contribution in [-0.2, 0) is 10.8 Å². The largest absolute Gasteiger partial charge is 0.309 e. The molecule has 1 heterocycles. The van der Waals surface area contributed by atoms with Gasteiger partial charge in [-0.1, -0.05) is 191 Å². The predicted molar refractivity (Wildman–Crippen MR) is 269 cm³/mol. The first kappa shape index (κ1) is 36.4. The topological polar surface area (TPSA) is 3.24 Å². The Labute approximate surface area is 372 Å². The Kier molecular flexibility index (Phi) is 7.72. The third kappa shape index (κ3) is 5.04. The van der Waals surface area contributed by atoms with Crippen LogP contribution in [0.25, 0.3) is 75.1 Å². The minimum atomic E-state index is -0.409. The van der Waals surface area contributed by atoms with Crippen LogP contribution in [-0.4, -0.2) is 0 Å². The number of thiophene rings is 1. The molecule has 0 saturated carbocycles. The van der Waals surface area contributed by atoms with E-state index in [0.29, 0.717) is 0 Å². The summed E-state index contributed by atoms with van der Waals surface area (Å²) in [4.78, 5) is 2.58. The number of hydrogen-bond acceptors (Lipinski definition) is 2. The van der Waals surface area contributed by atoms with Gasteiger partial charge in [-0.2, -0.15) is 0 Å². The average molecular weight is 822 g/mol. The zero-order valence-electron chi connectivity index (χ0n) is 35.5. The Bertz CT molecular complexity index is 3650. The van der Waals surface area contributed by atoms with Gasteiger partial charge < -0.3 is 4.90 Å². The molecule has 0 amide bonds. The van der Waals surface area contributed by atoms with E-state index in [1.54, 1.807) is 0 Å². The van der Waals surface area contributed by atoms with Crippen LogP contribution < -0.4 is 4.90 Å². The van der Waals surface area contributed by atoms with Gasteiger partial charge in [-0.3, -0.25) is 0 Å². The van der Waals surface area contributed by atoms with Crippen molar-refractivity contribution in [3.05, 3.63) is 234 Å². The molecule has 63 heavy (non-hydrogen) atoms. The van der Waals surface area contributed by atoms with Gasteiger partial charge in [0, 0.05) is 36.8 Å². The molecule has 10 aromatic carbocycles. The van der Waals surface area contributed by atoms with Crippen molar-refractivity contribution < 1.29 is 0 Å². The average Bonchev–Trinajstić information content (AvgIpc) is 3.95. The normalized spacial score (nSPS) is 13.4. The molecule has 13 rings (SSSR count). The number of nitrogens with zero attached hydrogens (tertiary/aromatic N) is 1. The van der Waals surface area contributed by atoms with Crippen molar-refractivity contribution in [1.29, 1.82) is 0 Å². The minimum Gasteiger partial charge on any atom is -0.309 e. The molecule has 0 radical (unpaired) electrons. The molecule has 0 N–H and O–H groups in total. The Morgan fingerprint density at radius 3 is 1.65 bits per heavy atom. The number of hydrogen-bond donors (Lipinski definition) is 0. The molecule has 2 heteroatoms. The molecule has 0 unspecified atom stereocenters. The lowest BCUT2D eigenvalue weighted by molar-refractivity contribution is 0.596. The highest BCUT2D eigenvalue weighted by Crippen LogP contribution is 2.63. The van der Waals surface area contributed by atoms with E-state index in [-0.39, 0.29) is 5.41 Å². The molecule has 0 fully saturated rings. The molecule has 0 bridgehead atoms. The highest BCUT2D eigenvalue weighted by molar-refractivity contribution is 7.26. The summed E-state index contributed by atoms with van der Waals surface area (Å²) in [7, 11) is 0. The van der Waals surface area contributed by atoms with Gasteiger partial charge in [-0.25, -0.2) is 0 Å². The maximum atomic E-state index is 2.58. The third-order valence-corrected chi connectivity index (χ3v) is 15.1. The molecule has 1 spiro atoms. The van der Waals surface area contributed by atoms with Gasteiger partial charge in [0.1, 0.15) is 0 Å². The maximum Gasteiger partial charge on any atom is 0.0725 e. The van der Waals surface area contributed by atoms with Crippen molar-refractivity contribution in [3.8, 4) is 33.4 Å². The van der Waals surface area contributed by atoms with Crippen LogP contribution in [0.1, 0.15) is 48.6 Å². The van der Waals surface area contributed by atoms with Crippen molar-refractivity contribution in [2.75, 3.05) is 4.90 Å². The van der Waals surface area contributed by atoms with E-state index in [4.69, 9.17) is 0 Å². The Morgan fingerprint density at radius 1 is 0.397 bits per heavy atom. The fourth-order valence-corrected chi connectivity index (χ4v) is 12.6. The summed E-state index contributed by atoms with van der Waals surface area (Å²) in [5, 5.41) is 7.60. The first-order valence-electron chi connectivity index (χ1n) is 22.1. The highest BCUT2D eigenvalue weighted by atomic mass is 32.1. The van der Waals surface area contributed by atoms with E-state index in [9.17, 15) is 0 Å². The van der Waals surface area contributed by atoms with Gasteiger partial charge in [0.2, 0.25) is 0 Å². The fraction of sp³-hybridized carbons (Fsp3) is 0.0820. The predicted octanol–water partition coefficient (Wildman–Crippen LogP) is 17.1. The summed E-state index contributed by atoms with van der Waals surface area (Å²) in [6.07, 6.45) is 0. The second-order valence-electron chi connectivity index (χ2n) is 18.3. The lowest BCUT2D eigenvalue weighted by Crippen LogP contribution is -2.25. The van der Waals surface area contributed by atoms with E-state index in [0.717, 1.165) is 17.1 Å². The van der Waals surface area contributed by atoms with E-state index in [1.165, 1.54) is 103 Å². The van der Waals surface area contributed by atoms with E-state index < -0.39 is 5.41 Å². The Balaban J connectivity index is 1.15. The maximum absolute atomic E-state index is 2.58. The molecule has 298 valence electrons. The lowest BCUT2D eigenvalue weighted by Gasteiger charge is -2.33. The third-order valence-electron chi connectivity index (χ3n) is 14.0. The van der Waals surface area contributed by atoms with E-state index in [2.05, 4.69) is 232 Å². The fourth-order valence-electron chi connectivity index (χ4n) is 11.5. The second kappa shape index (κ2) is 13.4. The summed E-state index contributed by atoms with van der Waals surface area (Å²) in [6, 6.07) is 77.9. The SMILES string of the molecule is CC(C)(C)c1ccc(N(c2ccc3c(c2)-c2ccccc2C32c3ccccc3-c3ccccc32)c2ccc3ccccc3c2-c2cccc3sc4ccccc4c23)c2ccccc12. The number of anilines is 3. The summed E-state index contributed by atoms with van der Waals surface area (Å²) < 4.78 is 2.61. The smallest absolute Gasteiger partial charge is 0.0725 e. The van der Waals surface area contributed by atoms with Gasteiger partial charge in [-0.15, -0.1) is 11.3 Å². The Hall–Kier alpha value is -7.26. The van der Waals surface area contributed by atoms with Crippen molar-refractivity contribution in [2.45, 2.75) is 31.6 Å². The number of rotatable bonds is 4. The van der Waals surface area contributed by atoms with Crippen LogP contribution in [0.3, 0.4) is 0 Å². The molecule has 1 aromatic heterocycles. The molecule has 0 aliphatic heterocycles. The first-order chi connectivity index (χ1) is 30.9. The van der Waals surface area contributed by atoms with Crippen molar-refractivity contribution >= 4 is 70.1 Å². The standard InChI is InChI=1S/C61H43NS/c1-60(2,3)49-34-36-54(45-23-7-6-21-43(45)49)62(55-35-31-38-17-4-5-18-40(38)58(55)47-25-16-30-57-59(47)46-24-11-15-29-56(46)63-57)39-32-33-53-48(37-39)44-22-10-14-28-52(44)61(53)50-26-12-8-19-41(50)42-20-9-13-27-51(42)61/h4-37H,1-3H3. The molecular formula is C61H43NS. The first-order valence-corrected chi connectivity index (χ1v) is 22.9. The van der Waals surface area contributed by atoms with Crippen molar-refractivity contribution in [2.24, 2.45) is 0 Å². The second-order valence-corrected chi connectivity index (χ2v) is 19.4. The Morgan fingerprint density at radius 2 is 0.937 bits per heavy atom. The molecule has 11 aromatic rings. The van der Waals surface area contributed by atoms with Crippen LogP contribution in [0.5, 0.6) is 0 Å². The van der Waals surface area contributed by atoms with Crippen LogP contribution >= 0.6 is 11.3 Å². The van der Waals surface area contributed by atoms with Gasteiger partial charge in [0.25, 0.3) is 0 Å².